The first-order valence-corrected chi connectivity index (χ1v) is 6.10. The lowest BCUT2D eigenvalue weighted by atomic mass is 9.91. The predicted octanol–water partition coefficient (Wildman–Crippen LogP) is 4.07. The smallest absolute Gasteiger partial charge is 0.200 e. The van der Waals surface area contributed by atoms with E-state index < -0.39 is 46.4 Å². The van der Waals surface area contributed by atoms with E-state index in [2.05, 4.69) is 0 Å². The second-order valence-corrected chi connectivity index (χ2v) is 4.59. The Bertz CT molecular complexity index is 729. The van der Waals surface area contributed by atoms with Gasteiger partial charge in [-0.3, -0.25) is 4.79 Å². The molecular weight excluding hydrogens is 307 g/mol. The lowest BCUT2D eigenvalue weighted by Crippen LogP contribution is -2.17. The Morgan fingerprint density at radius 3 is 1.86 bits per heavy atom. The van der Waals surface area contributed by atoms with E-state index in [1.807, 2.05) is 0 Å². The molecule has 22 heavy (non-hydrogen) atoms. The molecule has 0 saturated carbocycles. The average Bonchev–Trinajstić information content (AvgIpc) is 2.51. The number of phenols is 1. The number of ketones is 1. The zero-order chi connectivity index (χ0) is 16.6. The molecule has 1 atom stereocenters. The first kappa shape index (κ1) is 15.9. The fraction of sp³-hybridized carbons (Fsp3) is 0.133. The van der Waals surface area contributed by atoms with Crippen LogP contribution in [0.15, 0.2) is 24.3 Å². The second-order valence-electron chi connectivity index (χ2n) is 4.59. The number of halogens is 5. The van der Waals surface area contributed by atoms with E-state index in [4.69, 9.17) is 0 Å². The fourth-order valence-corrected chi connectivity index (χ4v) is 2.03. The van der Waals surface area contributed by atoms with Gasteiger partial charge < -0.3 is 5.11 Å². The van der Waals surface area contributed by atoms with Crippen molar-refractivity contribution in [3.05, 3.63) is 64.5 Å². The van der Waals surface area contributed by atoms with Crippen LogP contribution in [-0.2, 0) is 0 Å². The summed E-state index contributed by atoms with van der Waals surface area (Å²) in [6, 6.07) is 5.45. The highest BCUT2D eigenvalue weighted by Gasteiger charge is 2.32. The van der Waals surface area contributed by atoms with Crippen LogP contribution in [0.5, 0.6) is 5.75 Å². The number of para-hydroxylation sites is 1. The van der Waals surface area contributed by atoms with Crippen molar-refractivity contribution in [2.75, 3.05) is 0 Å². The summed E-state index contributed by atoms with van der Waals surface area (Å²) in [5.74, 6) is -14.0. The Morgan fingerprint density at radius 1 is 0.909 bits per heavy atom. The van der Waals surface area contributed by atoms with E-state index in [0.717, 1.165) is 0 Å². The molecular formula is C15H9F5O2. The van der Waals surface area contributed by atoms with Crippen molar-refractivity contribution in [3.8, 4) is 5.75 Å². The molecule has 2 aromatic carbocycles. The van der Waals surface area contributed by atoms with Crippen molar-refractivity contribution >= 4 is 5.78 Å². The molecule has 2 aromatic rings. The Balaban J connectivity index is 2.58. The van der Waals surface area contributed by atoms with Crippen LogP contribution in [0.4, 0.5) is 22.0 Å². The fourth-order valence-electron chi connectivity index (χ4n) is 2.03. The molecule has 0 aliphatic rings. The summed E-state index contributed by atoms with van der Waals surface area (Å²) in [4.78, 5) is 12.1. The zero-order valence-corrected chi connectivity index (χ0v) is 11.1. The summed E-state index contributed by atoms with van der Waals surface area (Å²) in [5, 5.41) is 9.62. The third-order valence-corrected chi connectivity index (χ3v) is 3.25. The molecule has 0 amide bonds. The molecule has 0 aliphatic carbocycles. The van der Waals surface area contributed by atoms with Crippen molar-refractivity contribution in [2.24, 2.45) is 0 Å². The molecule has 0 aliphatic heterocycles. The van der Waals surface area contributed by atoms with Gasteiger partial charge in [0.25, 0.3) is 0 Å². The maximum Gasteiger partial charge on any atom is 0.200 e. The van der Waals surface area contributed by atoms with Gasteiger partial charge in [-0.25, -0.2) is 22.0 Å². The number of carbonyl (C=O) groups is 1. The van der Waals surface area contributed by atoms with E-state index >= 15 is 0 Å². The standard InChI is InChI=1S/C15H9F5O2/c1-6(7-4-2-3-5-8(7)21)15(22)9-10(16)12(18)14(20)13(19)11(9)17/h2-6,21H,1H3/t6-/m0/s1. The number of rotatable bonds is 3. The number of hydrogen-bond donors (Lipinski definition) is 1. The van der Waals surface area contributed by atoms with Gasteiger partial charge in [-0.1, -0.05) is 25.1 Å². The van der Waals surface area contributed by atoms with Gasteiger partial charge in [0.05, 0.1) is 5.56 Å². The molecule has 1 N–H and O–H groups in total. The molecule has 0 aromatic heterocycles. The number of carbonyl (C=O) groups excluding carboxylic acids is 1. The van der Waals surface area contributed by atoms with Gasteiger partial charge in [0.1, 0.15) is 5.75 Å². The maximum absolute atomic E-state index is 13.6. The van der Waals surface area contributed by atoms with Gasteiger partial charge in [-0.15, -0.1) is 0 Å². The molecule has 116 valence electrons. The van der Waals surface area contributed by atoms with Gasteiger partial charge in [0.15, 0.2) is 29.1 Å². The molecule has 0 spiro atoms. The Morgan fingerprint density at radius 2 is 1.36 bits per heavy atom. The predicted molar refractivity (Wildman–Crippen MR) is 67.1 cm³/mol. The van der Waals surface area contributed by atoms with Crippen molar-refractivity contribution < 1.29 is 31.9 Å². The van der Waals surface area contributed by atoms with Gasteiger partial charge >= 0.3 is 0 Å². The summed E-state index contributed by atoms with van der Waals surface area (Å²) in [6.45, 7) is 1.19. The minimum Gasteiger partial charge on any atom is -0.508 e. The SMILES string of the molecule is C[C@H](C(=O)c1c(F)c(F)c(F)c(F)c1F)c1ccccc1O. The largest absolute Gasteiger partial charge is 0.508 e. The van der Waals surface area contributed by atoms with Gasteiger partial charge in [-0.2, -0.15) is 0 Å². The minimum atomic E-state index is -2.33. The van der Waals surface area contributed by atoms with Crippen LogP contribution in [-0.4, -0.2) is 10.9 Å². The Hall–Kier alpha value is -2.44. The van der Waals surface area contributed by atoms with Crippen LogP contribution in [0.2, 0.25) is 0 Å². The summed E-state index contributed by atoms with van der Waals surface area (Å²) in [7, 11) is 0. The highest BCUT2D eigenvalue weighted by atomic mass is 19.2. The topological polar surface area (TPSA) is 37.3 Å². The highest BCUT2D eigenvalue weighted by Crippen LogP contribution is 2.31. The lowest BCUT2D eigenvalue weighted by Gasteiger charge is -2.14. The number of aromatic hydroxyl groups is 1. The summed E-state index contributed by atoms with van der Waals surface area (Å²) < 4.78 is 66.5. The molecule has 2 nitrogen and oxygen atoms in total. The van der Waals surface area contributed by atoms with Crippen molar-refractivity contribution in [1.29, 1.82) is 0 Å². The van der Waals surface area contributed by atoms with E-state index in [1.54, 1.807) is 0 Å². The van der Waals surface area contributed by atoms with Crippen LogP contribution in [0.1, 0.15) is 28.8 Å². The average molecular weight is 316 g/mol. The summed E-state index contributed by atoms with van der Waals surface area (Å²) in [6.07, 6.45) is 0. The third kappa shape index (κ3) is 2.43. The third-order valence-electron chi connectivity index (χ3n) is 3.25. The van der Waals surface area contributed by atoms with Crippen LogP contribution in [0, 0.1) is 29.1 Å². The highest BCUT2D eigenvalue weighted by molar-refractivity contribution is 6.01. The molecule has 0 fully saturated rings. The lowest BCUT2D eigenvalue weighted by molar-refractivity contribution is 0.0953. The van der Waals surface area contributed by atoms with E-state index in [-0.39, 0.29) is 11.3 Å². The second kappa shape index (κ2) is 5.75. The molecule has 0 saturated heterocycles. The molecule has 0 bridgehead atoms. The first-order valence-electron chi connectivity index (χ1n) is 6.10. The van der Waals surface area contributed by atoms with E-state index in [1.165, 1.54) is 31.2 Å². The van der Waals surface area contributed by atoms with E-state index in [0.29, 0.717) is 0 Å². The minimum absolute atomic E-state index is 0.0106. The number of hydrogen-bond acceptors (Lipinski definition) is 2. The van der Waals surface area contributed by atoms with Crippen LogP contribution in [0.3, 0.4) is 0 Å². The molecule has 7 heteroatoms. The molecule has 2 rings (SSSR count). The van der Waals surface area contributed by atoms with Crippen molar-refractivity contribution in [3.63, 3.8) is 0 Å². The first-order chi connectivity index (χ1) is 10.3. The Kier molecular flexibility index (Phi) is 4.16. The van der Waals surface area contributed by atoms with Crippen LogP contribution in [0.25, 0.3) is 0 Å². The normalized spacial score (nSPS) is 12.3. The van der Waals surface area contributed by atoms with Crippen molar-refractivity contribution in [2.45, 2.75) is 12.8 Å². The molecule has 0 unspecified atom stereocenters. The summed E-state index contributed by atoms with van der Waals surface area (Å²) in [5.41, 5.74) is -1.51. The van der Waals surface area contributed by atoms with E-state index in [9.17, 15) is 31.9 Å². The quantitative estimate of drug-likeness (QED) is 0.401. The number of phenolic OH excluding ortho intramolecular Hbond substituents is 1. The van der Waals surface area contributed by atoms with Gasteiger partial charge in [0.2, 0.25) is 5.82 Å². The van der Waals surface area contributed by atoms with Crippen molar-refractivity contribution in [1.82, 2.24) is 0 Å². The van der Waals surface area contributed by atoms with Crippen LogP contribution < -0.4 is 0 Å². The number of Topliss-reactive ketones (excluding diaryl/α,β-unsaturated/α-hetero) is 1. The molecule has 0 heterocycles. The monoisotopic (exact) mass is 316 g/mol. The molecule has 0 radical (unpaired) electrons. The summed E-state index contributed by atoms with van der Waals surface area (Å²) >= 11 is 0. The zero-order valence-electron chi connectivity index (χ0n) is 11.1. The van der Waals surface area contributed by atoms with Crippen LogP contribution >= 0.6 is 0 Å². The Labute approximate surface area is 121 Å². The van der Waals surface area contributed by atoms with Gasteiger partial charge in [0, 0.05) is 11.5 Å². The maximum atomic E-state index is 13.6. The van der Waals surface area contributed by atoms with Gasteiger partial charge in [-0.05, 0) is 6.07 Å². The number of benzene rings is 2.